The van der Waals surface area contributed by atoms with E-state index in [2.05, 4.69) is 28.8 Å². The predicted octanol–water partition coefficient (Wildman–Crippen LogP) is 4.26. The third-order valence-electron chi connectivity index (χ3n) is 3.92. The summed E-state index contributed by atoms with van der Waals surface area (Å²) >= 11 is 0. The highest BCUT2D eigenvalue weighted by Crippen LogP contribution is 2.25. The van der Waals surface area contributed by atoms with E-state index in [0.29, 0.717) is 17.4 Å². The molecule has 0 aliphatic heterocycles. The maximum atomic E-state index is 11.9. The summed E-state index contributed by atoms with van der Waals surface area (Å²) in [7, 11) is 1.38. The van der Waals surface area contributed by atoms with Gasteiger partial charge in [-0.3, -0.25) is 4.99 Å². The highest BCUT2D eigenvalue weighted by Gasteiger charge is 2.24. The molecule has 0 saturated carbocycles. The number of nitrogens with zero attached hydrogens (tertiary/aromatic N) is 3. The molecule has 0 fully saturated rings. The second-order valence-corrected chi connectivity index (χ2v) is 5.66. The number of carbonyl (C=O) groups is 1. The predicted molar refractivity (Wildman–Crippen MR) is 98.3 cm³/mol. The van der Waals surface area contributed by atoms with Crippen LogP contribution in [0.2, 0.25) is 0 Å². The lowest BCUT2D eigenvalue weighted by molar-refractivity contribution is 0.0592. The summed E-state index contributed by atoms with van der Waals surface area (Å²) in [5.41, 5.74) is 3.15. The van der Waals surface area contributed by atoms with Crippen LogP contribution >= 0.6 is 0 Å². The fourth-order valence-electron chi connectivity index (χ4n) is 2.34. The van der Waals surface area contributed by atoms with Crippen LogP contribution in [-0.2, 0) is 17.6 Å². The zero-order valence-corrected chi connectivity index (χ0v) is 15.7. The fraction of sp³-hybridized carbons (Fsp3) is 0.579. The van der Waals surface area contributed by atoms with Gasteiger partial charge in [0.1, 0.15) is 0 Å². The molecule has 1 aliphatic rings. The third kappa shape index (κ3) is 4.98. The Morgan fingerprint density at radius 3 is 2.67 bits per heavy atom. The smallest absolute Gasteiger partial charge is 0.357 e. The molecule has 132 valence electrons. The van der Waals surface area contributed by atoms with Gasteiger partial charge < -0.3 is 4.74 Å². The molecule has 24 heavy (non-hydrogen) atoms. The molecule has 5 nitrogen and oxygen atoms in total. The normalized spacial score (nSPS) is 14.8. The molecule has 0 saturated heterocycles. The molecule has 1 unspecified atom stereocenters. The van der Waals surface area contributed by atoms with E-state index >= 15 is 0 Å². The first kappa shape index (κ1) is 20.0. The Labute approximate surface area is 145 Å². The zero-order chi connectivity index (χ0) is 18.1. The minimum Gasteiger partial charge on any atom is -0.464 e. The van der Waals surface area contributed by atoms with E-state index in [4.69, 9.17) is 4.74 Å². The topological polar surface area (TPSA) is 64.4 Å². The average molecular weight is 331 g/mol. The van der Waals surface area contributed by atoms with Crippen molar-refractivity contribution in [3.8, 4) is 0 Å². The van der Waals surface area contributed by atoms with Crippen molar-refractivity contribution >= 4 is 17.8 Å². The summed E-state index contributed by atoms with van der Waals surface area (Å²) in [6.07, 6.45) is 7.46. The lowest BCUT2D eigenvalue weighted by atomic mass is 10.1. The Balaban J connectivity index is 0.00000139. The van der Waals surface area contributed by atoms with Gasteiger partial charge in [-0.05, 0) is 38.5 Å². The van der Waals surface area contributed by atoms with Gasteiger partial charge in [0.05, 0.1) is 7.11 Å². The number of esters is 1. The minimum absolute atomic E-state index is 0.391. The Bertz CT molecular complexity index is 621. The molecule has 0 radical (unpaired) electrons. The van der Waals surface area contributed by atoms with Gasteiger partial charge in [0, 0.05) is 29.2 Å². The molecule has 0 N–H and O–H groups in total. The van der Waals surface area contributed by atoms with Gasteiger partial charge in [0.15, 0.2) is 11.5 Å². The van der Waals surface area contributed by atoms with E-state index in [1.807, 2.05) is 27.0 Å². The van der Waals surface area contributed by atoms with Gasteiger partial charge in [-0.15, -0.1) is 0 Å². The van der Waals surface area contributed by atoms with Gasteiger partial charge in [0.2, 0.25) is 0 Å². The summed E-state index contributed by atoms with van der Waals surface area (Å²) in [6, 6.07) is 0. The molecule has 0 spiro atoms. The highest BCUT2D eigenvalue weighted by atomic mass is 16.5. The Kier molecular flexibility index (Phi) is 8.30. The van der Waals surface area contributed by atoms with Crippen molar-refractivity contribution in [2.24, 2.45) is 10.9 Å². The van der Waals surface area contributed by atoms with Crippen LogP contribution in [0.5, 0.6) is 0 Å². The number of methoxy groups -OCH3 is 1. The van der Waals surface area contributed by atoms with Gasteiger partial charge in [-0.2, -0.15) is 0 Å². The molecular formula is C19H29N3O2. The number of hydrogen-bond acceptors (Lipinski definition) is 5. The van der Waals surface area contributed by atoms with Crippen LogP contribution in [0.15, 0.2) is 11.2 Å². The van der Waals surface area contributed by atoms with Gasteiger partial charge in [-0.25, -0.2) is 14.8 Å². The maximum Gasteiger partial charge on any atom is 0.357 e. The number of aliphatic imine (C=N–C) groups is 1. The third-order valence-corrected chi connectivity index (χ3v) is 3.92. The van der Waals surface area contributed by atoms with Crippen LogP contribution in [0.25, 0.3) is 5.57 Å². The van der Waals surface area contributed by atoms with Crippen molar-refractivity contribution in [2.45, 2.75) is 60.3 Å². The quantitative estimate of drug-likeness (QED) is 0.597. The van der Waals surface area contributed by atoms with E-state index in [1.165, 1.54) is 7.11 Å². The van der Waals surface area contributed by atoms with Crippen molar-refractivity contribution < 1.29 is 9.53 Å². The first-order chi connectivity index (χ1) is 11.6. The fourth-order valence-corrected chi connectivity index (χ4v) is 2.34. The SMILES string of the molecule is CC.CCC(C)C=N/C=C(\C)c1nc2c(c(C(=O)OC)n1)CCC2. The van der Waals surface area contributed by atoms with E-state index in [1.54, 1.807) is 6.20 Å². The molecule has 0 bridgehead atoms. The Morgan fingerprint density at radius 1 is 1.33 bits per heavy atom. The highest BCUT2D eigenvalue weighted by molar-refractivity contribution is 5.89. The molecule has 1 heterocycles. The zero-order valence-electron chi connectivity index (χ0n) is 15.7. The van der Waals surface area contributed by atoms with Crippen molar-refractivity contribution in [3.05, 3.63) is 29.0 Å². The van der Waals surface area contributed by atoms with Crippen LogP contribution in [0.1, 0.15) is 75.0 Å². The van der Waals surface area contributed by atoms with Crippen LogP contribution in [0, 0.1) is 5.92 Å². The second kappa shape index (κ2) is 9.96. The number of hydrogen-bond donors (Lipinski definition) is 0. The van der Waals surface area contributed by atoms with Crippen LogP contribution in [0.3, 0.4) is 0 Å². The lowest BCUT2D eigenvalue weighted by Crippen LogP contribution is -2.12. The average Bonchev–Trinajstić information content (AvgIpc) is 3.10. The molecule has 0 amide bonds. The molecule has 1 aromatic rings. The number of carbonyl (C=O) groups excluding carboxylic acids is 1. The molecule has 1 aromatic heterocycles. The van der Waals surface area contributed by atoms with Crippen LogP contribution in [0.4, 0.5) is 0 Å². The lowest BCUT2D eigenvalue weighted by Gasteiger charge is -2.08. The number of aryl methyl sites for hydroxylation is 1. The number of fused-ring (bicyclic) bond motifs is 1. The van der Waals surface area contributed by atoms with Crippen LogP contribution < -0.4 is 0 Å². The van der Waals surface area contributed by atoms with Crippen molar-refractivity contribution in [2.75, 3.05) is 7.11 Å². The largest absolute Gasteiger partial charge is 0.464 e. The second-order valence-electron chi connectivity index (χ2n) is 5.66. The monoisotopic (exact) mass is 331 g/mol. The van der Waals surface area contributed by atoms with E-state index in [0.717, 1.165) is 42.5 Å². The molecule has 1 atom stereocenters. The summed E-state index contributed by atoms with van der Waals surface area (Å²) in [5, 5.41) is 0. The van der Waals surface area contributed by atoms with E-state index in [-0.39, 0.29) is 0 Å². The Hall–Kier alpha value is -2.04. The first-order valence-corrected chi connectivity index (χ1v) is 8.75. The van der Waals surface area contributed by atoms with Gasteiger partial charge in [-0.1, -0.05) is 27.7 Å². The first-order valence-electron chi connectivity index (χ1n) is 8.75. The number of aromatic nitrogens is 2. The van der Waals surface area contributed by atoms with Gasteiger partial charge >= 0.3 is 5.97 Å². The Morgan fingerprint density at radius 2 is 2.04 bits per heavy atom. The summed E-state index contributed by atoms with van der Waals surface area (Å²) in [5.74, 6) is 0.607. The maximum absolute atomic E-state index is 11.9. The summed E-state index contributed by atoms with van der Waals surface area (Å²) in [4.78, 5) is 25.2. The van der Waals surface area contributed by atoms with E-state index in [9.17, 15) is 4.79 Å². The molecule has 2 rings (SSSR count). The molecular weight excluding hydrogens is 302 g/mol. The molecule has 1 aliphatic carbocycles. The molecule has 0 aromatic carbocycles. The van der Waals surface area contributed by atoms with Crippen molar-refractivity contribution in [1.29, 1.82) is 0 Å². The van der Waals surface area contributed by atoms with E-state index < -0.39 is 5.97 Å². The standard InChI is InChI=1S/C17H23N3O2.C2H6/c1-5-11(2)9-18-10-12(3)16-19-14-8-6-7-13(14)15(20-16)17(21)22-4;1-2/h9-11H,5-8H2,1-4H3;1-2H3/b12-10+,18-9?;. The summed E-state index contributed by atoms with van der Waals surface area (Å²) in [6.45, 7) is 10.2. The van der Waals surface area contributed by atoms with Crippen LogP contribution in [-0.4, -0.2) is 29.3 Å². The van der Waals surface area contributed by atoms with Crippen molar-refractivity contribution in [3.63, 3.8) is 0 Å². The van der Waals surface area contributed by atoms with Gasteiger partial charge in [0.25, 0.3) is 0 Å². The summed E-state index contributed by atoms with van der Waals surface area (Å²) < 4.78 is 4.85. The number of ether oxygens (including phenoxy) is 1. The minimum atomic E-state index is -0.391. The molecule has 5 heteroatoms. The number of rotatable bonds is 5. The number of allylic oxidation sites excluding steroid dienone is 1. The van der Waals surface area contributed by atoms with Crippen molar-refractivity contribution in [1.82, 2.24) is 9.97 Å².